The first-order valence-corrected chi connectivity index (χ1v) is 7.25. The maximum Gasteiger partial charge on any atom is 0.251 e. The number of nitrogens with zero attached hydrogens (tertiary/aromatic N) is 3. The van der Waals surface area contributed by atoms with Gasteiger partial charge in [0.15, 0.2) is 5.82 Å². The topological polar surface area (TPSA) is 75.2 Å². The average molecular weight is 294 g/mol. The van der Waals surface area contributed by atoms with Crippen molar-refractivity contribution < 1.29 is 9.59 Å². The molecule has 1 aliphatic carbocycles. The molecule has 0 spiro atoms. The summed E-state index contributed by atoms with van der Waals surface area (Å²) in [5, 5.41) is 2.02. The Balaban J connectivity index is 1.80. The SMILES string of the molecule is O=C1NN(c2ncnc3ccccc23)C(=O)C2CC=CCC12. The first-order valence-electron chi connectivity index (χ1n) is 7.25. The highest BCUT2D eigenvalue weighted by Gasteiger charge is 2.43. The number of hydrazine groups is 1. The van der Waals surface area contributed by atoms with Gasteiger partial charge >= 0.3 is 0 Å². The van der Waals surface area contributed by atoms with Crippen molar-refractivity contribution in [1.29, 1.82) is 0 Å². The highest BCUT2D eigenvalue weighted by molar-refractivity contribution is 6.07. The van der Waals surface area contributed by atoms with Crippen LogP contribution in [-0.4, -0.2) is 21.8 Å². The van der Waals surface area contributed by atoms with E-state index < -0.39 is 0 Å². The van der Waals surface area contributed by atoms with E-state index in [-0.39, 0.29) is 23.7 Å². The molecule has 0 bridgehead atoms. The molecule has 2 atom stereocenters. The van der Waals surface area contributed by atoms with Crippen LogP contribution in [0.5, 0.6) is 0 Å². The predicted molar refractivity (Wildman–Crippen MR) is 80.5 cm³/mol. The molecular weight excluding hydrogens is 280 g/mol. The molecule has 0 radical (unpaired) electrons. The number of carbonyl (C=O) groups excluding carboxylic acids is 2. The first kappa shape index (κ1) is 12.9. The second-order valence-corrected chi connectivity index (χ2v) is 5.52. The summed E-state index contributed by atoms with van der Waals surface area (Å²) in [6.07, 6.45) is 6.54. The Morgan fingerprint density at radius 1 is 1.05 bits per heavy atom. The van der Waals surface area contributed by atoms with E-state index in [4.69, 9.17) is 0 Å². The van der Waals surface area contributed by atoms with Crippen molar-refractivity contribution in [1.82, 2.24) is 15.4 Å². The zero-order valence-corrected chi connectivity index (χ0v) is 11.8. The van der Waals surface area contributed by atoms with Crippen LogP contribution >= 0.6 is 0 Å². The lowest BCUT2D eigenvalue weighted by molar-refractivity contribution is -0.140. The van der Waals surface area contributed by atoms with Crippen molar-refractivity contribution in [3.8, 4) is 0 Å². The van der Waals surface area contributed by atoms with E-state index in [1.807, 2.05) is 36.4 Å². The molecular formula is C16H14N4O2. The van der Waals surface area contributed by atoms with E-state index in [0.29, 0.717) is 18.7 Å². The van der Waals surface area contributed by atoms with Crippen LogP contribution in [0.15, 0.2) is 42.7 Å². The fraction of sp³-hybridized carbons (Fsp3) is 0.250. The number of benzene rings is 1. The van der Waals surface area contributed by atoms with Crippen molar-refractivity contribution >= 4 is 28.5 Å². The summed E-state index contributed by atoms with van der Waals surface area (Å²) in [7, 11) is 0. The fourth-order valence-corrected chi connectivity index (χ4v) is 3.12. The smallest absolute Gasteiger partial charge is 0.251 e. The van der Waals surface area contributed by atoms with E-state index in [9.17, 15) is 9.59 Å². The van der Waals surface area contributed by atoms with E-state index in [1.165, 1.54) is 11.3 Å². The maximum atomic E-state index is 12.8. The minimum Gasteiger partial charge on any atom is -0.273 e. The van der Waals surface area contributed by atoms with E-state index >= 15 is 0 Å². The molecule has 2 heterocycles. The Morgan fingerprint density at radius 3 is 2.68 bits per heavy atom. The van der Waals surface area contributed by atoms with E-state index in [0.717, 1.165) is 10.9 Å². The third kappa shape index (κ3) is 1.88. The minimum atomic E-state index is -0.313. The molecule has 0 saturated carbocycles. The lowest BCUT2D eigenvalue weighted by atomic mass is 9.80. The van der Waals surface area contributed by atoms with Crippen LogP contribution in [0.2, 0.25) is 0 Å². The van der Waals surface area contributed by atoms with Crippen LogP contribution in [-0.2, 0) is 9.59 Å². The first-order chi connectivity index (χ1) is 10.8. The van der Waals surface area contributed by atoms with E-state index in [2.05, 4.69) is 15.4 Å². The van der Waals surface area contributed by atoms with Gasteiger partial charge in [-0.1, -0.05) is 24.3 Å². The molecule has 1 saturated heterocycles. The predicted octanol–water partition coefficient (Wildman–Crippen LogP) is 1.59. The van der Waals surface area contributed by atoms with Gasteiger partial charge < -0.3 is 0 Å². The zero-order chi connectivity index (χ0) is 15.1. The van der Waals surface area contributed by atoms with Crippen LogP contribution < -0.4 is 10.4 Å². The molecule has 2 aromatic rings. The second kappa shape index (κ2) is 4.91. The molecule has 1 aromatic carbocycles. The molecule has 6 nitrogen and oxygen atoms in total. The number of para-hydroxylation sites is 1. The molecule has 110 valence electrons. The van der Waals surface area contributed by atoms with Crippen LogP contribution in [0.1, 0.15) is 12.8 Å². The largest absolute Gasteiger partial charge is 0.273 e. The Kier molecular flexibility index (Phi) is 2.89. The summed E-state index contributed by atoms with van der Waals surface area (Å²) in [5.74, 6) is -0.402. The molecule has 2 amide bonds. The molecule has 2 aliphatic rings. The molecule has 4 rings (SSSR count). The number of nitrogens with one attached hydrogen (secondary N) is 1. The van der Waals surface area contributed by atoms with Crippen molar-refractivity contribution in [2.75, 3.05) is 5.01 Å². The number of fused-ring (bicyclic) bond motifs is 2. The Hall–Kier alpha value is -2.76. The van der Waals surface area contributed by atoms with Gasteiger partial charge in [0.1, 0.15) is 6.33 Å². The number of amides is 2. The van der Waals surface area contributed by atoms with Gasteiger partial charge in [0.25, 0.3) is 5.91 Å². The van der Waals surface area contributed by atoms with Crippen LogP contribution in [0, 0.1) is 11.8 Å². The fourth-order valence-electron chi connectivity index (χ4n) is 3.12. The van der Waals surface area contributed by atoms with Gasteiger partial charge in [-0.3, -0.25) is 15.0 Å². The third-order valence-electron chi connectivity index (χ3n) is 4.26. The molecule has 1 aromatic heterocycles. The van der Waals surface area contributed by atoms with Gasteiger partial charge in [0.2, 0.25) is 5.91 Å². The number of anilines is 1. The van der Waals surface area contributed by atoms with Gasteiger partial charge in [-0.05, 0) is 25.0 Å². The second-order valence-electron chi connectivity index (χ2n) is 5.52. The van der Waals surface area contributed by atoms with Gasteiger partial charge in [-0.25, -0.2) is 15.0 Å². The third-order valence-corrected chi connectivity index (χ3v) is 4.26. The summed E-state index contributed by atoms with van der Waals surface area (Å²) in [5.41, 5.74) is 3.43. The minimum absolute atomic E-state index is 0.113. The standard InChI is InChI=1S/C16H14N4O2/c21-15-10-5-1-2-6-11(10)16(22)20(19-15)14-12-7-3-4-8-13(12)17-9-18-14/h1-4,7-11H,5-6H2,(H,19,21). The highest BCUT2D eigenvalue weighted by atomic mass is 16.2. The number of hydrogen-bond acceptors (Lipinski definition) is 4. The number of hydrogen-bond donors (Lipinski definition) is 1. The van der Waals surface area contributed by atoms with Crippen molar-refractivity contribution in [3.05, 3.63) is 42.7 Å². The molecule has 1 fully saturated rings. The van der Waals surface area contributed by atoms with E-state index in [1.54, 1.807) is 0 Å². The lowest BCUT2D eigenvalue weighted by Crippen LogP contribution is -2.59. The highest BCUT2D eigenvalue weighted by Crippen LogP contribution is 2.33. The number of carbonyl (C=O) groups is 2. The van der Waals surface area contributed by atoms with Crippen molar-refractivity contribution in [2.24, 2.45) is 11.8 Å². The van der Waals surface area contributed by atoms with Gasteiger partial charge in [0.05, 0.1) is 17.4 Å². The van der Waals surface area contributed by atoms with Crippen molar-refractivity contribution in [3.63, 3.8) is 0 Å². The van der Waals surface area contributed by atoms with Gasteiger partial charge in [-0.15, -0.1) is 0 Å². The summed E-state index contributed by atoms with van der Waals surface area (Å²) in [6, 6.07) is 7.43. The maximum absolute atomic E-state index is 12.8. The Morgan fingerprint density at radius 2 is 1.82 bits per heavy atom. The zero-order valence-electron chi connectivity index (χ0n) is 11.8. The Labute approximate surface area is 126 Å². The quantitative estimate of drug-likeness (QED) is 0.810. The number of allylic oxidation sites excluding steroid dienone is 2. The summed E-state index contributed by atoms with van der Waals surface area (Å²) < 4.78 is 0. The summed E-state index contributed by atoms with van der Waals surface area (Å²) in [6.45, 7) is 0. The molecule has 1 aliphatic heterocycles. The molecule has 1 N–H and O–H groups in total. The molecule has 6 heteroatoms. The monoisotopic (exact) mass is 294 g/mol. The summed E-state index contributed by atoms with van der Waals surface area (Å²) in [4.78, 5) is 33.5. The van der Waals surface area contributed by atoms with Crippen LogP contribution in [0.3, 0.4) is 0 Å². The van der Waals surface area contributed by atoms with Gasteiger partial charge in [0, 0.05) is 5.39 Å². The normalized spacial score (nSPS) is 24.3. The average Bonchev–Trinajstić information content (AvgIpc) is 2.58. The number of rotatable bonds is 1. The summed E-state index contributed by atoms with van der Waals surface area (Å²) >= 11 is 0. The lowest BCUT2D eigenvalue weighted by Gasteiger charge is -2.37. The molecule has 2 unspecified atom stereocenters. The van der Waals surface area contributed by atoms with Gasteiger partial charge in [-0.2, -0.15) is 0 Å². The van der Waals surface area contributed by atoms with Crippen LogP contribution in [0.25, 0.3) is 10.9 Å². The van der Waals surface area contributed by atoms with Crippen molar-refractivity contribution in [2.45, 2.75) is 12.8 Å². The molecule has 22 heavy (non-hydrogen) atoms. The van der Waals surface area contributed by atoms with Crippen LogP contribution in [0.4, 0.5) is 5.82 Å². The number of aromatic nitrogens is 2. The Bertz CT molecular complexity index is 796.